The van der Waals surface area contributed by atoms with Crippen LogP contribution in [0.5, 0.6) is 0 Å². The molecule has 1 amide bonds. The number of hydrogen-bond donors (Lipinski definition) is 1. The van der Waals surface area contributed by atoms with Crippen LogP contribution in [0.4, 0.5) is 0 Å². The highest BCUT2D eigenvalue weighted by Gasteiger charge is 2.26. The van der Waals surface area contributed by atoms with Crippen LogP contribution in [0.15, 0.2) is 42.6 Å². The highest BCUT2D eigenvalue weighted by atomic mass is 16.4. The first kappa shape index (κ1) is 19.5. The van der Waals surface area contributed by atoms with Crippen LogP contribution in [-0.2, 0) is 11.3 Å². The van der Waals surface area contributed by atoms with Crippen molar-refractivity contribution in [2.24, 2.45) is 0 Å². The first-order valence-electron chi connectivity index (χ1n) is 9.41. The van der Waals surface area contributed by atoms with Crippen molar-refractivity contribution >= 4 is 22.9 Å². The Labute approximate surface area is 163 Å². The molecule has 0 spiro atoms. The number of carbonyl (C=O) groups is 2. The lowest BCUT2D eigenvalue weighted by molar-refractivity contribution is -0.138. The second-order valence-electron chi connectivity index (χ2n) is 6.70. The van der Waals surface area contributed by atoms with Crippen molar-refractivity contribution in [1.29, 1.82) is 0 Å². The van der Waals surface area contributed by atoms with E-state index in [1.165, 1.54) is 4.90 Å². The van der Waals surface area contributed by atoms with Gasteiger partial charge in [0.1, 0.15) is 6.54 Å². The van der Waals surface area contributed by atoms with Gasteiger partial charge in [0.25, 0.3) is 5.91 Å². The Morgan fingerprint density at radius 2 is 1.93 bits per heavy atom. The molecule has 0 bridgehead atoms. The second kappa shape index (κ2) is 8.21. The molecule has 3 rings (SSSR count). The second-order valence-corrected chi connectivity index (χ2v) is 6.70. The summed E-state index contributed by atoms with van der Waals surface area (Å²) in [6.45, 7) is 6.01. The normalized spacial score (nSPS) is 12.1. The van der Waals surface area contributed by atoms with E-state index < -0.39 is 5.97 Å². The molecule has 0 radical (unpaired) electrons. The van der Waals surface area contributed by atoms with Crippen LogP contribution in [0.2, 0.25) is 0 Å². The SMILES string of the molecule is CCC(C)N(CC(=O)O)C(=O)c1cc(-c2ccccc2)nc2c1cnn2CC. The van der Waals surface area contributed by atoms with Crippen LogP contribution in [0.1, 0.15) is 37.6 Å². The van der Waals surface area contributed by atoms with E-state index in [0.717, 1.165) is 5.56 Å². The molecule has 7 nitrogen and oxygen atoms in total. The Kier molecular flexibility index (Phi) is 5.73. The molecule has 0 fully saturated rings. The van der Waals surface area contributed by atoms with E-state index in [2.05, 4.69) is 5.10 Å². The number of amides is 1. The van der Waals surface area contributed by atoms with Gasteiger partial charge in [-0.2, -0.15) is 5.10 Å². The molecule has 1 atom stereocenters. The summed E-state index contributed by atoms with van der Waals surface area (Å²) in [6.07, 6.45) is 2.29. The minimum Gasteiger partial charge on any atom is -0.480 e. The summed E-state index contributed by atoms with van der Waals surface area (Å²) in [5.41, 5.74) is 2.58. The molecule has 0 aliphatic carbocycles. The van der Waals surface area contributed by atoms with Gasteiger partial charge in [0.05, 0.1) is 22.8 Å². The molecule has 0 saturated heterocycles. The van der Waals surface area contributed by atoms with Crippen LogP contribution < -0.4 is 0 Å². The van der Waals surface area contributed by atoms with Gasteiger partial charge in [-0.05, 0) is 26.3 Å². The third kappa shape index (κ3) is 3.74. The van der Waals surface area contributed by atoms with Crippen LogP contribution in [0.3, 0.4) is 0 Å². The summed E-state index contributed by atoms with van der Waals surface area (Å²) >= 11 is 0. The van der Waals surface area contributed by atoms with Crippen LogP contribution >= 0.6 is 0 Å². The fourth-order valence-corrected chi connectivity index (χ4v) is 3.16. The van der Waals surface area contributed by atoms with Crippen molar-refractivity contribution in [1.82, 2.24) is 19.7 Å². The zero-order chi connectivity index (χ0) is 20.3. The standard InChI is InChI=1S/C21H24N4O3/c1-4-14(3)24(13-19(26)27)21(28)16-11-18(15-9-7-6-8-10-15)23-20-17(16)12-22-25(20)5-2/h6-12,14H,4-5,13H2,1-3H3,(H,26,27). The summed E-state index contributed by atoms with van der Waals surface area (Å²) in [6, 6.07) is 11.1. The molecular weight excluding hydrogens is 356 g/mol. The molecule has 2 aromatic heterocycles. The van der Waals surface area contributed by atoms with E-state index in [4.69, 9.17) is 4.98 Å². The number of carboxylic acids is 1. The quantitative estimate of drug-likeness (QED) is 0.678. The maximum Gasteiger partial charge on any atom is 0.323 e. The number of benzene rings is 1. The first-order valence-corrected chi connectivity index (χ1v) is 9.41. The average molecular weight is 380 g/mol. The van der Waals surface area contributed by atoms with E-state index in [9.17, 15) is 14.7 Å². The van der Waals surface area contributed by atoms with Crippen molar-refractivity contribution in [2.75, 3.05) is 6.54 Å². The van der Waals surface area contributed by atoms with Gasteiger partial charge in [0, 0.05) is 18.2 Å². The van der Waals surface area contributed by atoms with E-state index in [1.54, 1.807) is 16.9 Å². The number of rotatable bonds is 7. The topological polar surface area (TPSA) is 88.3 Å². The third-order valence-electron chi connectivity index (χ3n) is 4.90. The predicted octanol–water partition coefficient (Wildman–Crippen LogP) is 3.44. The number of hydrogen-bond acceptors (Lipinski definition) is 4. The summed E-state index contributed by atoms with van der Waals surface area (Å²) < 4.78 is 1.74. The maximum absolute atomic E-state index is 13.4. The molecule has 146 valence electrons. The number of carbonyl (C=O) groups excluding carboxylic acids is 1. The van der Waals surface area contributed by atoms with Crippen LogP contribution in [0.25, 0.3) is 22.3 Å². The molecule has 28 heavy (non-hydrogen) atoms. The van der Waals surface area contributed by atoms with Crippen LogP contribution in [0, 0.1) is 0 Å². The van der Waals surface area contributed by atoms with Gasteiger partial charge in [-0.1, -0.05) is 37.3 Å². The lowest BCUT2D eigenvalue weighted by Crippen LogP contribution is -2.42. The summed E-state index contributed by atoms with van der Waals surface area (Å²) in [7, 11) is 0. The lowest BCUT2D eigenvalue weighted by atomic mass is 10.0. The molecular formula is C21H24N4O3. The molecule has 0 aliphatic heterocycles. The number of carboxylic acid groups (broad SMARTS) is 1. The molecule has 1 aromatic carbocycles. The van der Waals surface area contributed by atoms with E-state index in [1.807, 2.05) is 51.1 Å². The third-order valence-corrected chi connectivity index (χ3v) is 4.90. The van der Waals surface area contributed by atoms with Gasteiger partial charge in [-0.25, -0.2) is 9.67 Å². The Morgan fingerprint density at radius 1 is 1.21 bits per heavy atom. The Bertz CT molecular complexity index is 998. The number of aliphatic carboxylic acids is 1. The van der Waals surface area contributed by atoms with Gasteiger partial charge < -0.3 is 10.0 Å². The highest BCUT2D eigenvalue weighted by Crippen LogP contribution is 2.26. The van der Waals surface area contributed by atoms with E-state index in [0.29, 0.717) is 35.3 Å². The van der Waals surface area contributed by atoms with Gasteiger partial charge in [-0.3, -0.25) is 9.59 Å². The largest absolute Gasteiger partial charge is 0.480 e. The van der Waals surface area contributed by atoms with E-state index >= 15 is 0 Å². The Balaban J connectivity index is 2.19. The molecule has 7 heteroatoms. The monoisotopic (exact) mass is 380 g/mol. The Hall–Kier alpha value is -3.22. The molecule has 1 N–H and O–H groups in total. The van der Waals surface area contributed by atoms with Crippen molar-refractivity contribution in [2.45, 2.75) is 39.8 Å². The summed E-state index contributed by atoms with van der Waals surface area (Å²) in [4.78, 5) is 30.8. The van der Waals surface area contributed by atoms with Gasteiger partial charge >= 0.3 is 5.97 Å². The van der Waals surface area contributed by atoms with Crippen molar-refractivity contribution in [3.63, 3.8) is 0 Å². The number of fused-ring (bicyclic) bond motifs is 1. The number of aromatic nitrogens is 3. The smallest absolute Gasteiger partial charge is 0.323 e. The zero-order valence-corrected chi connectivity index (χ0v) is 16.3. The van der Waals surface area contributed by atoms with Gasteiger partial charge in [0.15, 0.2) is 5.65 Å². The van der Waals surface area contributed by atoms with Gasteiger partial charge in [0.2, 0.25) is 0 Å². The van der Waals surface area contributed by atoms with Gasteiger partial charge in [-0.15, -0.1) is 0 Å². The zero-order valence-electron chi connectivity index (χ0n) is 16.3. The van der Waals surface area contributed by atoms with Crippen LogP contribution in [-0.4, -0.2) is 49.2 Å². The molecule has 0 saturated carbocycles. The Morgan fingerprint density at radius 3 is 2.54 bits per heavy atom. The van der Waals surface area contributed by atoms with E-state index in [-0.39, 0.29) is 18.5 Å². The lowest BCUT2D eigenvalue weighted by Gasteiger charge is -2.27. The first-order chi connectivity index (χ1) is 13.5. The molecule has 0 aliphatic rings. The van der Waals surface area contributed by atoms with Crippen molar-refractivity contribution in [3.05, 3.63) is 48.2 Å². The summed E-state index contributed by atoms with van der Waals surface area (Å²) in [5.74, 6) is -1.36. The molecule has 3 aromatic rings. The predicted molar refractivity (Wildman–Crippen MR) is 107 cm³/mol. The minimum absolute atomic E-state index is 0.201. The number of nitrogens with zero attached hydrogens (tertiary/aromatic N) is 4. The maximum atomic E-state index is 13.4. The molecule has 1 unspecified atom stereocenters. The van der Waals surface area contributed by atoms with Crippen molar-refractivity contribution < 1.29 is 14.7 Å². The minimum atomic E-state index is -1.04. The fourth-order valence-electron chi connectivity index (χ4n) is 3.16. The number of pyridine rings is 1. The molecule has 2 heterocycles. The summed E-state index contributed by atoms with van der Waals surface area (Å²) in [5, 5.41) is 14.3. The highest BCUT2D eigenvalue weighted by molar-refractivity contribution is 6.07. The number of aryl methyl sites for hydroxylation is 1. The average Bonchev–Trinajstić information content (AvgIpc) is 3.13. The fraction of sp³-hybridized carbons (Fsp3) is 0.333. The van der Waals surface area contributed by atoms with Crippen molar-refractivity contribution in [3.8, 4) is 11.3 Å².